The molecule has 0 amide bonds. The number of pyridine rings is 1. The van der Waals surface area contributed by atoms with Crippen molar-refractivity contribution in [3.05, 3.63) is 97.7 Å². The predicted molar refractivity (Wildman–Crippen MR) is 130 cm³/mol. The summed E-state index contributed by atoms with van der Waals surface area (Å²) in [7, 11) is 0. The molecular weight excluding hydrogens is 413 g/mol. The van der Waals surface area contributed by atoms with Crippen molar-refractivity contribution in [2.75, 3.05) is 0 Å². The van der Waals surface area contributed by atoms with Gasteiger partial charge in [0.15, 0.2) is 6.20 Å². The fourth-order valence-corrected chi connectivity index (χ4v) is 5.16. The minimum absolute atomic E-state index is 0. The van der Waals surface area contributed by atoms with E-state index in [9.17, 15) is 5.11 Å². The summed E-state index contributed by atoms with van der Waals surface area (Å²) in [5.74, 6) is 0.00165. The Morgan fingerprint density at radius 1 is 0.618 bits per heavy atom. The average molecular weight is 430 g/mol. The molecule has 0 atom stereocenters. The van der Waals surface area contributed by atoms with E-state index < -0.39 is 0 Å². The van der Waals surface area contributed by atoms with Gasteiger partial charge in [0.25, 0.3) is 0 Å². The van der Waals surface area contributed by atoms with E-state index in [0.29, 0.717) is 5.52 Å². The molecule has 0 unspecified atom stereocenters. The maximum absolute atomic E-state index is 12.4. The number of rotatable bonds is 2. The molecule has 0 fully saturated rings. The van der Waals surface area contributed by atoms with Crippen molar-refractivity contribution in [3.8, 4) is 28.0 Å². The first-order valence-corrected chi connectivity index (χ1v) is 10.9. The summed E-state index contributed by atoms with van der Waals surface area (Å²) in [5.41, 5.74) is 4.93. The van der Waals surface area contributed by atoms with Crippen LogP contribution >= 0.6 is 0 Å². The van der Waals surface area contributed by atoms with Gasteiger partial charge in [-0.1, -0.05) is 60.7 Å². The van der Waals surface area contributed by atoms with E-state index >= 15 is 0 Å². The van der Waals surface area contributed by atoms with Crippen molar-refractivity contribution in [2.24, 2.45) is 0 Å². The SMILES string of the molecule is [Li+].[O-]c1ccc(-c2ccc3ccc4c(-c5cncnc5)ccc5ccc2c3c54)c2ccc[nH+]c12. The quantitative estimate of drug-likeness (QED) is 0.313. The molecule has 0 aliphatic rings. The van der Waals surface area contributed by atoms with E-state index in [1.54, 1.807) is 18.6 Å². The molecule has 5 aromatic carbocycles. The molecule has 0 saturated carbocycles. The monoisotopic (exact) mass is 430 g/mol. The Morgan fingerprint density at radius 3 is 1.94 bits per heavy atom. The first-order valence-electron chi connectivity index (χ1n) is 10.9. The van der Waals surface area contributed by atoms with Crippen LogP contribution in [0.5, 0.6) is 5.75 Å². The van der Waals surface area contributed by atoms with Gasteiger partial charge in [0, 0.05) is 24.0 Å². The van der Waals surface area contributed by atoms with Gasteiger partial charge in [-0.25, -0.2) is 15.0 Å². The summed E-state index contributed by atoms with van der Waals surface area (Å²) in [5, 5.41) is 20.6. The van der Waals surface area contributed by atoms with Gasteiger partial charge in [-0.15, -0.1) is 0 Å². The van der Waals surface area contributed by atoms with Gasteiger partial charge in [0.2, 0.25) is 5.52 Å². The number of aromatic amines is 1. The number of benzene rings is 5. The van der Waals surface area contributed by atoms with Crippen molar-refractivity contribution in [1.82, 2.24) is 9.97 Å². The van der Waals surface area contributed by atoms with Crippen LogP contribution in [-0.2, 0) is 0 Å². The van der Waals surface area contributed by atoms with E-state index in [-0.39, 0.29) is 24.6 Å². The fourth-order valence-electron chi connectivity index (χ4n) is 5.16. The largest absolute Gasteiger partial charge is 1.00 e. The molecule has 0 spiro atoms. The van der Waals surface area contributed by atoms with Gasteiger partial charge in [-0.2, -0.15) is 0 Å². The maximum atomic E-state index is 12.4. The zero-order chi connectivity index (χ0) is 21.9. The Morgan fingerprint density at radius 2 is 1.21 bits per heavy atom. The Balaban J connectivity index is 0.00000217. The van der Waals surface area contributed by atoms with Gasteiger partial charge in [-0.3, -0.25) is 0 Å². The molecule has 5 heteroatoms. The van der Waals surface area contributed by atoms with Crippen LogP contribution in [0.3, 0.4) is 0 Å². The van der Waals surface area contributed by atoms with Crippen LogP contribution in [0.2, 0.25) is 0 Å². The van der Waals surface area contributed by atoms with Crippen molar-refractivity contribution in [1.29, 1.82) is 0 Å². The fraction of sp³-hybridized carbons (Fsp3) is 0. The van der Waals surface area contributed by atoms with Crippen molar-refractivity contribution < 1.29 is 29.0 Å². The molecule has 7 aromatic rings. The Hall–Kier alpha value is -3.97. The van der Waals surface area contributed by atoms with E-state index in [2.05, 4.69) is 63.5 Å². The number of hydrogen-bond acceptors (Lipinski definition) is 3. The van der Waals surface area contributed by atoms with Crippen LogP contribution in [-0.4, -0.2) is 9.97 Å². The second-order valence-electron chi connectivity index (χ2n) is 8.35. The Kier molecular flexibility index (Phi) is 4.74. The number of aromatic nitrogens is 3. The molecule has 4 nitrogen and oxygen atoms in total. The Bertz CT molecular complexity index is 1830. The van der Waals surface area contributed by atoms with Crippen LogP contribution in [0.15, 0.2) is 97.7 Å². The Labute approximate surface area is 207 Å². The van der Waals surface area contributed by atoms with Crippen LogP contribution in [0.4, 0.5) is 0 Å². The molecule has 7 rings (SSSR count). The van der Waals surface area contributed by atoms with Crippen molar-refractivity contribution >= 4 is 43.2 Å². The molecule has 2 heterocycles. The van der Waals surface area contributed by atoms with Crippen LogP contribution in [0, 0.1) is 0 Å². The van der Waals surface area contributed by atoms with E-state index in [1.165, 1.54) is 32.3 Å². The first kappa shape index (κ1) is 20.6. The van der Waals surface area contributed by atoms with E-state index in [1.807, 2.05) is 30.6 Å². The molecule has 34 heavy (non-hydrogen) atoms. The molecule has 0 bridgehead atoms. The van der Waals surface area contributed by atoms with Crippen LogP contribution < -0.4 is 29.0 Å². The second kappa shape index (κ2) is 7.81. The smallest absolute Gasteiger partial charge is 0.868 e. The molecule has 2 aromatic heterocycles. The van der Waals surface area contributed by atoms with Gasteiger partial charge in [0.05, 0.1) is 5.39 Å². The molecule has 0 aliphatic heterocycles. The van der Waals surface area contributed by atoms with Crippen LogP contribution in [0.25, 0.3) is 65.5 Å². The number of fused-ring (bicyclic) bond motifs is 1. The average Bonchev–Trinajstić information content (AvgIpc) is 2.88. The first-order chi connectivity index (χ1) is 16.3. The topological polar surface area (TPSA) is 63.0 Å². The zero-order valence-corrected chi connectivity index (χ0v) is 18.5. The van der Waals surface area contributed by atoms with Gasteiger partial charge < -0.3 is 5.11 Å². The minimum atomic E-state index is 0. The van der Waals surface area contributed by atoms with Gasteiger partial charge >= 0.3 is 18.9 Å². The van der Waals surface area contributed by atoms with E-state index in [0.717, 1.165) is 27.6 Å². The van der Waals surface area contributed by atoms with E-state index in [4.69, 9.17) is 0 Å². The normalized spacial score (nSPS) is 11.4. The molecule has 0 aliphatic carbocycles. The molecule has 0 radical (unpaired) electrons. The maximum Gasteiger partial charge on any atom is 1.00 e. The van der Waals surface area contributed by atoms with Gasteiger partial charge in [0.1, 0.15) is 6.33 Å². The second-order valence-corrected chi connectivity index (χ2v) is 8.35. The summed E-state index contributed by atoms with van der Waals surface area (Å²) < 4.78 is 0. The van der Waals surface area contributed by atoms with Crippen molar-refractivity contribution in [3.63, 3.8) is 0 Å². The number of nitrogens with zero attached hydrogens (tertiary/aromatic N) is 2. The zero-order valence-electron chi connectivity index (χ0n) is 18.5. The standard InChI is InChI=1S/C29H17N3O.Li/c33-26-12-11-22(25-2-1-13-32-29(25)26)21-8-4-18-5-9-23-20(19-14-30-16-31-15-19)7-3-17-6-10-24(21)28(18)27(17)23;/h1-16,33H;/q;+1. The third-order valence-corrected chi connectivity index (χ3v) is 6.62. The number of nitrogens with one attached hydrogen (secondary N) is 1. The van der Waals surface area contributed by atoms with Crippen molar-refractivity contribution in [2.45, 2.75) is 0 Å². The molecular formula is C29H17LiN3O+. The van der Waals surface area contributed by atoms with Gasteiger partial charge in [-0.05, 0) is 60.8 Å². The summed E-state index contributed by atoms with van der Waals surface area (Å²) in [6.45, 7) is 0. The summed E-state index contributed by atoms with van der Waals surface area (Å²) in [6, 6.07) is 25.0. The molecule has 0 saturated heterocycles. The third kappa shape index (κ3) is 2.90. The minimum Gasteiger partial charge on any atom is -0.868 e. The molecule has 1 N–H and O–H groups in total. The van der Waals surface area contributed by atoms with Crippen LogP contribution in [0.1, 0.15) is 0 Å². The summed E-state index contributed by atoms with van der Waals surface area (Å²) >= 11 is 0. The third-order valence-electron chi connectivity index (χ3n) is 6.62. The predicted octanol–water partition coefficient (Wildman–Crippen LogP) is 2.75. The molecule has 154 valence electrons. The summed E-state index contributed by atoms with van der Waals surface area (Å²) in [4.78, 5) is 11.6. The summed E-state index contributed by atoms with van der Waals surface area (Å²) in [6.07, 6.45) is 7.07. The number of hydrogen-bond donors (Lipinski definition) is 0. The number of H-pyrrole nitrogens is 1.